The standard InChI is InChI=1S/C16H27NO3/c1-6-17(12(2)11-19-4)13(3)16(18)14-7-9-15(20-5)10-8-14/h7-10,12-13,16,18H,6,11H2,1-5H3. The van der Waals surface area contributed by atoms with Crippen LogP contribution in [-0.4, -0.2) is 49.5 Å². The number of nitrogens with zero attached hydrogens (tertiary/aromatic N) is 1. The van der Waals surface area contributed by atoms with E-state index in [1.807, 2.05) is 31.2 Å². The second kappa shape index (κ2) is 8.25. The summed E-state index contributed by atoms with van der Waals surface area (Å²) in [6.07, 6.45) is -0.528. The molecule has 0 saturated carbocycles. The van der Waals surface area contributed by atoms with Crippen LogP contribution >= 0.6 is 0 Å². The molecule has 20 heavy (non-hydrogen) atoms. The molecule has 0 fully saturated rings. The van der Waals surface area contributed by atoms with Gasteiger partial charge in [0.05, 0.1) is 19.8 Å². The maximum atomic E-state index is 10.5. The van der Waals surface area contributed by atoms with Crippen molar-refractivity contribution >= 4 is 0 Å². The second-order valence-corrected chi connectivity index (χ2v) is 5.09. The van der Waals surface area contributed by atoms with E-state index in [0.717, 1.165) is 17.9 Å². The molecule has 0 spiro atoms. The molecule has 4 heteroatoms. The van der Waals surface area contributed by atoms with Crippen molar-refractivity contribution in [2.75, 3.05) is 27.4 Å². The number of aliphatic hydroxyl groups excluding tert-OH is 1. The highest BCUT2D eigenvalue weighted by molar-refractivity contribution is 5.29. The molecular weight excluding hydrogens is 254 g/mol. The highest BCUT2D eigenvalue weighted by Gasteiger charge is 2.25. The van der Waals surface area contributed by atoms with Crippen molar-refractivity contribution in [3.8, 4) is 5.75 Å². The number of likely N-dealkylation sites (N-methyl/N-ethyl adjacent to an activating group) is 1. The number of hydrogen-bond donors (Lipinski definition) is 1. The van der Waals surface area contributed by atoms with Crippen molar-refractivity contribution < 1.29 is 14.6 Å². The fraction of sp³-hybridized carbons (Fsp3) is 0.625. The number of ether oxygens (including phenoxy) is 2. The minimum Gasteiger partial charge on any atom is -0.497 e. The Labute approximate surface area is 122 Å². The molecule has 1 rings (SSSR count). The van der Waals surface area contributed by atoms with Crippen LogP contribution in [0.15, 0.2) is 24.3 Å². The Hall–Kier alpha value is -1.10. The molecule has 0 heterocycles. The molecule has 3 atom stereocenters. The van der Waals surface area contributed by atoms with E-state index in [2.05, 4.69) is 18.7 Å². The number of rotatable bonds is 8. The molecule has 114 valence electrons. The summed E-state index contributed by atoms with van der Waals surface area (Å²) < 4.78 is 10.4. The van der Waals surface area contributed by atoms with E-state index in [9.17, 15) is 5.11 Å². The Kier molecular flexibility index (Phi) is 6.99. The van der Waals surface area contributed by atoms with Crippen LogP contribution in [0.3, 0.4) is 0 Å². The van der Waals surface area contributed by atoms with Gasteiger partial charge in [-0.1, -0.05) is 19.1 Å². The van der Waals surface area contributed by atoms with Gasteiger partial charge in [-0.15, -0.1) is 0 Å². The summed E-state index contributed by atoms with van der Waals surface area (Å²) in [5.41, 5.74) is 0.904. The van der Waals surface area contributed by atoms with Gasteiger partial charge in [0, 0.05) is 19.2 Å². The van der Waals surface area contributed by atoms with E-state index >= 15 is 0 Å². The fourth-order valence-corrected chi connectivity index (χ4v) is 2.60. The minimum atomic E-state index is -0.528. The number of hydrogen-bond acceptors (Lipinski definition) is 4. The SMILES string of the molecule is CCN(C(C)COC)C(C)C(O)c1ccc(OC)cc1. The molecule has 4 nitrogen and oxygen atoms in total. The maximum absolute atomic E-state index is 10.5. The molecule has 0 bridgehead atoms. The first kappa shape index (κ1) is 17.0. The van der Waals surface area contributed by atoms with Gasteiger partial charge in [-0.05, 0) is 38.1 Å². The van der Waals surface area contributed by atoms with Gasteiger partial charge in [0.2, 0.25) is 0 Å². The maximum Gasteiger partial charge on any atom is 0.118 e. The van der Waals surface area contributed by atoms with Gasteiger partial charge in [-0.2, -0.15) is 0 Å². The number of methoxy groups -OCH3 is 2. The van der Waals surface area contributed by atoms with Gasteiger partial charge in [0.15, 0.2) is 0 Å². The zero-order valence-corrected chi connectivity index (χ0v) is 13.2. The van der Waals surface area contributed by atoms with Crippen LogP contribution in [0.5, 0.6) is 5.75 Å². The van der Waals surface area contributed by atoms with Crippen molar-refractivity contribution in [3.63, 3.8) is 0 Å². The average Bonchev–Trinajstić information content (AvgIpc) is 2.47. The van der Waals surface area contributed by atoms with Gasteiger partial charge in [-0.3, -0.25) is 4.90 Å². The topological polar surface area (TPSA) is 41.9 Å². The highest BCUT2D eigenvalue weighted by Crippen LogP contribution is 2.24. The first-order chi connectivity index (χ1) is 9.54. The molecule has 0 aliphatic heterocycles. The minimum absolute atomic E-state index is 0.0264. The van der Waals surface area contributed by atoms with Crippen LogP contribution in [0.2, 0.25) is 0 Å². The van der Waals surface area contributed by atoms with Crippen LogP contribution in [-0.2, 0) is 4.74 Å². The van der Waals surface area contributed by atoms with Crippen molar-refractivity contribution in [1.29, 1.82) is 0 Å². The van der Waals surface area contributed by atoms with E-state index in [4.69, 9.17) is 9.47 Å². The van der Waals surface area contributed by atoms with E-state index in [-0.39, 0.29) is 12.1 Å². The molecule has 1 aromatic carbocycles. The molecule has 3 unspecified atom stereocenters. The van der Waals surface area contributed by atoms with Crippen LogP contribution in [0.25, 0.3) is 0 Å². The molecule has 0 aliphatic rings. The summed E-state index contributed by atoms with van der Waals surface area (Å²) in [4.78, 5) is 2.25. The highest BCUT2D eigenvalue weighted by atomic mass is 16.5. The largest absolute Gasteiger partial charge is 0.497 e. The van der Waals surface area contributed by atoms with Gasteiger partial charge in [-0.25, -0.2) is 0 Å². The predicted molar refractivity (Wildman–Crippen MR) is 81.1 cm³/mol. The molecule has 1 aromatic rings. The third kappa shape index (κ3) is 4.20. The van der Waals surface area contributed by atoms with Crippen molar-refractivity contribution in [3.05, 3.63) is 29.8 Å². The van der Waals surface area contributed by atoms with Gasteiger partial charge >= 0.3 is 0 Å². The molecule has 0 aromatic heterocycles. The molecule has 1 N–H and O–H groups in total. The van der Waals surface area contributed by atoms with E-state index in [1.165, 1.54) is 0 Å². The second-order valence-electron chi connectivity index (χ2n) is 5.09. The van der Waals surface area contributed by atoms with Crippen molar-refractivity contribution in [2.45, 2.75) is 39.0 Å². The summed E-state index contributed by atoms with van der Waals surface area (Å²) in [5, 5.41) is 10.5. The zero-order chi connectivity index (χ0) is 15.1. The van der Waals surface area contributed by atoms with Crippen LogP contribution < -0.4 is 4.74 Å². The molecule has 0 aliphatic carbocycles. The van der Waals surface area contributed by atoms with Crippen molar-refractivity contribution in [2.24, 2.45) is 0 Å². The van der Waals surface area contributed by atoms with E-state index < -0.39 is 6.10 Å². The number of aliphatic hydroxyl groups is 1. The molecule has 0 amide bonds. The Morgan fingerprint density at radius 3 is 2.20 bits per heavy atom. The lowest BCUT2D eigenvalue weighted by atomic mass is 10.0. The van der Waals surface area contributed by atoms with Crippen LogP contribution in [0.4, 0.5) is 0 Å². The van der Waals surface area contributed by atoms with E-state index in [1.54, 1.807) is 14.2 Å². The first-order valence-corrected chi connectivity index (χ1v) is 7.11. The summed E-state index contributed by atoms with van der Waals surface area (Å²) in [5.74, 6) is 0.800. The molecule has 0 saturated heterocycles. The Morgan fingerprint density at radius 1 is 1.15 bits per heavy atom. The Bertz CT molecular complexity index is 380. The predicted octanol–water partition coefficient (Wildman–Crippen LogP) is 2.47. The summed E-state index contributed by atoms with van der Waals surface area (Å²) in [6, 6.07) is 7.87. The summed E-state index contributed by atoms with van der Waals surface area (Å²) >= 11 is 0. The molecular formula is C16H27NO3. The normalized spacial score (nSPS) is 15.9. The quantitative estimate of drug-likeness (QED) is 0.795. The number of benzene rings is 1. The smallest absolute Gasteiger partial charge is 0.118 e. The van der Waals surface area contributed by atoms with Gasteiger partial charge in [0.1, 0.15) is 5.75 Å². The lowest BCUT2D eigenvalue weighted by Gasteiger charge is -2.36. The zero-order valence-electron chi connectivity index (χ0n) is 13.2. The first-order valence-electron chi connectivity index (χ1n) is 7.11. The summed E-state index contributed by atoms with van der Waals surface area (Å²) in [7, 11) is 3.34. The van der Waals surface area contributed by atoms with Crippen molar-refractivity contribution in [1.82, 2.24) is 4.90 Å². The molecule has 0 radical (unpaired) electrons. The Morgan fingerprint density at radius 2 is 1.75 bits per heavy atom. The Balaban J connectivity index is 2.79. The monoisotopic (exact) mass is 281 g/mol. The lowest BCUT2D eigenvalue weighted by Crippen LogP contribution is -2.45. The van der Waals surface area contributed by atoms with E-state index in [0.29, 0.717) is 6.61 Å². The third-order valence-electron chi connectivity index (χ3n) is 3.78. The lowest BCUT2D eigenvalue weighted by molar-refractivity contribution is 0.0149. The third-order valence-corrected chi connectivity index (χ3v) is 3.78. The van der Waals surface area contributed by atoms with Crippen LogP contribution in [0, 0.1) is 0 Å². The average molecular weight is 281 g/mol. The van der Waals surface area contributed by atoms with Gasteiger partial charge in [0.25, 0.3) is 0 Å². The fourth-order valence-electron chi connectivity index (χ4n) is 2.60. The van der Waals surface area contributed by atoms with Crippen LogP contribution in [0.1, 0.15) is 32.4 Å². The van der Waals surface area contributed by atoms with Gasteiger partial charge < -0.3 is 14.6 Å². The summed E-state index contributed by atoms with van der Waals surface area (Å²) in [6.45, 7) is 7.80.